The molecule has 0 saturated heterocycles. The molecule has 0 aromatic heterocycles. The lowest BCUT2D eigenvalue weighted by atomic mass is 10.0. The first kappa shape index (κ1) is 17.1. The van der Waals surface area contributed by atoms with Gasteiger partial charge in [-0.3, -0.25) is 0 Å². The summed E-state index contributed by atoms with van der Waals surface area (Å²) >= 11 is 0. The van der Waals surface area contributed by atoms with E-state index in [0.29, 0.717) is 0 Å². The Kier molecular flexibility index (Phi) is 10.6. The zero-order valence-corrected chi connectivity index (χ0v) is 13.8. The number of hydrogen-bond donors (Lipinski definition) is 0. The topological polar surface area (TPSA) is 0 Å². The third-order valence-electron chi connectivity index (χ3n) is 4.91. The second-order valence-corrected chi connectivity index (χ2v) is 6.87. The highest BCUT2D eigenvalue weighted by Gasteiger charge is 2.34. The van der Waals surface area contributed by atoms with Crippen molar-refractivity contribution in [1.82, 2.24) is 0 Å². The van der Waals surface area contributed by atoms with E-state index < -0.39 is 0 Å². The third kappa shape index (κ3) is 9.52. The minimum Gasteiger partial charge on any atom is -0.0654 e. The smallest absolute Gasteiger partial charge is 0.0383 e. The molecule has 0 amide bonds. The van der Waals surface area contributed by atoms with Crippen LogP contribution in [0.2, 0.25) is 0 Å². The summed E-state index contributed by atoms with van der Waals surface area (Å²) in [6.07, 6.45) is 22.3. The largest absolute Gasteiger partial charge is 0.0654 e. The predicted octanol–water partition coefficient (Wildman–Crippen LogP) is 7.12. The lowest BCUT2D eigenvalue weighted by Gasteiger charge is -2.02. The first-order chi connectivity index (χ1) is 9.38. The molecule has 0 bridgehead atoms. The average molecular weight is 267 g/mol. The molecule has 0 spiro atoms. The van der Waals surface area contributed by atoms with Crippen LogP contribution in [0.3, 0.4) is 0 Å². The van der Waals surface area contributed by atoms with Crippen LogP contribution in [0.25, 0.3) is 0 Å². The normalized spacial score (nSPS) is 21.8. The molecule has 114 valence electrons. The van der Waals surface area contributed by atoms with Gasteiger partial charge in [-0.1, -0.05) is 104 Å². The lowest BCUT2D eigenvalue weighted by Crippen LogP contribution is -1.85. The molecular formula is C19H38. The fourth-order valence-corrected chi connectivity index (χ4v) is 3.46. The van der Waals surface area contributed by atoms with E-state index in [1.54, 1.807) is 12.8 Å². The maximum atomic E-state index is 2.33. The first-order valence-electron chi connectivity index (χ1n) is 9.38. The van der Waals surface area contributed by atoms with E-state index in [1.807, 2.05) is 0 Å². The number of rotatable bonds is 14. The first-order valence-corrected chi connectivity index (χ1v) is 9.38. The summed E-state index contributed by atoms with van der Waals surface area (Å²) in [5, 5.41) is 0. The van der Waals surface area contributed by atoms with Gasteiger partial charge < -0.3 is 0 Å². The Morgan fingerprint density at radius 3 is 1.53 bits per heavy atom. The van der Waals surface area contributed by atoms with E-state index in [4.69, 9.17) is 0 Å². The van der Waals surface area contributed by atoms with Gasteiger partial charge in [0.15, 0.2) is 0 Å². The summed E-state index contributed by atoms with van der Waals surface area (Å²) in [6.45, 7) is 4.63. The zero-order chi connectivity index (χ0) is 13.8. The fourth-order valence-electron chi connectivity index (χ4n) is 3.46. The van der Waals surface area contributed by atoms with Crippen LogP contribution >= 0.6 is 0 Å². The Hall–Kier alpha value is 0. The molecule has 1 aliphatic rings. The van der Waals surface area contributed by atoms with Crippen molar-refractivity contribution in [3.05, 3.63) is 0 Å². The van der Waals surface area contributed by atoms with Crippen LogP contribution in [0, 0.1) is 11.8 Å². The summed E-state index contributed by atoms with van der Waals surface area (Å²) in [4.78, 5) is 0. The van der Waals surface area contributed by atoms with Crippen molar-refractivity contribution in [3.63, 3.8) is 0 Å². The molecule has 19 heavy (non-hydrogen) atoms. The van der Waals surface area contributed by atoms with Gasteiger partial charge in [-0.2, -0.15) is 0 Å². The van der Waals surface area contributed by atoms with E-state index in [2.05, 4.69) is 13.8 Å². The van der Waals surface area contributed by atoms with Crippen molar-refractivity contribution in [2.75, 3.05) is 0 Å². The van der Waals surface area contributed by atoms with E-state index >= 15 is 0 Å². The van der Waals surface area contributed by atoms with E-state index in [0.717, 1.165) is 11.8 Å². The van der Waals surface area contributed by atoms with Crippen LogP contribution in [0.5, 0.6) is 0 Å². The van der Waals surface area contributed by atoms with Crippen molar-refractivity contribution in [2.45, 2.75) is 110 Å². The second-order valence-electron chi connectivity index (χ2n) is 6.87. The van der Waals surface area contributed by atoms with Gasteiger partial charge in [0, 0.05) is 0 Å². The van der Waals surface area contributed by atoms with Crippen molar-refractivity contribution in [3.8, 4) is 0 Å². The maximum absolute atomic E-state index is 2.33. The Balaban J connectivity index is 1.68. The number of unbranched alkanes of at least 4 members (excludes halogenated alkanes) is 10. The molecular weight excluding hydrogens is 228 g/mol. The minimum atomic E-state index is 1.13. The van der Waals surface area contributed by atoms with Crippen LogP contribution in [0.15, 0.2) is 0 Å². The highest BCUT2D eigenvalue weighted by molar-refractivity contribution is 4.85. The molecule has 1 saturated carbocycles. The molecule has 0 aromatic rings. The molecule has 0 heteroatoms. The minimum absolute atomic E-state index is 1.13. The van der Waals surface area contributed by atoms with Crippen molar-refractivity contribution in [2.24, 2.45) is 11.8 Å². The Morgan fingerprint density at radius 2 is 1.00 bits per heavy atom. The van der Waals surface area contributed by atoms with E-state index in [-0.39, 0.29) is 0 Å². The molecule has 0 N–H and O–H groups in total. The van der Waals surface area contributed by atoms with Crippen molar-refractivity contribution < 1.29 is 0 Å². The highest BCUT2D eigenvalue weighted by Crippen LogP contribution is 2.45. The van der Waals surface area contributed by atoms with E-state index in [1.165, 1.54) is 83.5 Å². The van der Waals surface area contributed by atoms with Crippen molar-refractivity contribution >= 4 is 0 Å². The van der Waals surface area contributed by atoms with Crippen LogP contribution in [-0.4, -0.2) is 0 Å². The summed E-state index contributed by atoms with van der Waals surface area (Å²) in [5.41, 5.74) is 0. The third-order valence-corrected chi connectivity index (χ3v) is 4.91. The van der Waals surface area contributed by atoms with E-state index in [9.17, 15) is 0 Å². The van der Waals surface area contributed by atoms with Gasteiger partial charge >= 0.3 is 0 Å². The molecule has 1 fully saturated rings. The lowest BCUT2D eigenvalue weighted by molar-refractivity contribution is 0.521. The van der Waals surface area contributed by atoms with Crippen molar-refractivity contribution in [1.29, 1.82) is 0 Å². The SMILES string of the molecule is CCCCCCCCCCCCCC1CC1CCC. The summed E-state index contributed by atoms with van der Waals surface area (Å²) in [6, 6.07) is 0. The Bertz CT molecular complexity index is 184. The monoisotopic (exact) mass is 266 g/mol. The molecule has 0 nitrogen and oxygen atoms in total. The fraction of sp³-hybridized carbons (Fsp3) is 1.00. The number of hydrogen-bond acceptors (Lipinski definition) is 0. The Labute approximate surface area is 122 Å². The zero-order valence-electron chi connectivity index (χ0n) is 13.8. The molecule has 1 rings (SSSR count). The summed E-state index contributed by atoms with van der Waals surface area (Å²) in [5.74, 6) is 2.27. The summed E-state index contributed by atoms with van der Waals surface area (Å²) < 4.78 is 0. The van der Waals surface area contributed by atoms with Crippen LogP contribution < -0.4 is 0 Å². The predicted molar refractivity (Wildman–Crippen MR) is 87.6 cm³/mol. The van der Waals surface area contributed by atoms with Gasteiger partial charge in [-0.05, 0) is 18.3 Å². The molecule has 0 aromatic carbocycles. The summed E-state index contributed by atoms with van der Waals surface area (Å²) in [7, 11) is 0. The Morgan fingerprint density at radius 1 is 0.526 bits per heavy atom. The van der Waals surface area contributed by atoms with Gasteiger partial charge in [0.1, 0.15) is 0 Å². The maximum Gasteiger partial charge on any atom is -0.0383 e. The van der Waals surface area contributed by atoms with Crippen LogP contribution in [0.1, 0.15) is 110 Å². The van der Waals surface area contributed by atoms with Crippen LogP contribution in [-0.2, 0) is 0 Å². The second kappa shape index (κ2) is 11.8. The molecule has 0 aliphatic heterocycles. The molecule has 0 heterocycles. The molecule has 0 radical (unpaired) electrons. The van der Waals surface area contributed by atoms with Gasteiger partial charge in [0.05, 0.1) is 0 Å². The highest BCUT2D eigenvalue weighted by atomic mass is 14.4. The van der Waals surface area contributed by atoms with Gasteiger partial charge in [0.25, 0.3) is 0 Å². The van der Waals surface area contributed by atoms with Gasteiger partial charge in [0.2, 0.25) is 0 Å². The van der Waals surface area contributed by atoms with Crippen LogP contribution in [0.4, 0.5) is 0 Å². The molecule has 2 unspecified atom stereocenters. The molecule has 2 atom stereocenters. The average Bonchev–Trinajstić information content (AvgIpc) is 3.15. The van der Waals surface area contributed by atoms with Gasteiger partial charge in [-0.15, -0.1) is 0 Å². The van der Waals surface area contributed by atoms with Gasteiger partial charge in [-0.25, -0.2) is 0 Å². The standard InChI is InChI=1S/C19H38/c1-3-5-6-7-8-9-10-11-12-13-14-16-19-17-18(19)15-4-2/h18-19H,3-17H2,1-2H3. The quantitative estimate of drug-likeness (QED) is 0.293. The molecule has 1 aliphatic carbocycles.